The highest BCUT2D eigenvalue weighted by molar-refractivity contribution is 7.98. The van der Waals surface area contributed by atoms with Gasteiger partial charge in [-0.2, -0.15) is 0 Å². The first-order valence-electron chi connectivity index (χ1n) is 6.23. The molecule has 96 valence electrons. The summed E-state index contributed by atoms with van der Waals surface area (Å²) in [5.74, 6) is 2.02. The molecule has 0 fully saturated rings. The molecule has 2 aromatic rings. The highest BCUT2D eigenvalue weighted by Gasteiger charge is 2.15. The fourth-order valence-electron chi connectivity index (χ4n) is 1.79. The quantitative estimate of drug-likeness (QED) is 0.605. The van der Waals surface area contributed by atoms with E-state index >= 15 is 0 Å². The van der Waals surface area contributed by atoms with Crippen molar-refractivity contribution >= 4 is 25.0 Å². The summed E-state index contributed by atoms with van der Waals surface area (Å²) < 4.78 is 5.30. The van der Waals surface area contributed by atoms with E-state index in [1.165, 1.54) is 15.6 Å². The zero-order valence-corrected chi connectivity index (χ0v) is 13.3. The first-order chi connectivity index (χ1) is 8.47. The smallest absolute Gasteiger partial charge is 0.114 e. The minimum absolute atomic E-state index is 1.01. The van der Waals surface area contributed by atoms with E-state index in [1.54, 1.807) is 6.26 Å². The Morgan fingerprint density at radius 2 is 1.72 bits per heavy atom. The molecule has 1 aromatic heterocycles. The molecule has 2 rings (SSSR count). The number of thioether (sulfide) groups is 1. The summed E-state index contributed by atoms with van der Waals surface area (Å²) in [7, 11) is -1.16. The monoisotopic (exact) mass is 276 g/mol. The zero-order chi connectivity index (χ0) is 13.2. The van der Waals surface area contributed by atoms with Crippen molar-refractivity contribution in [1.82, 2.24) is 0 Å². The lowest BCUT2D eigenvalue weighted by atomic mass is 10.2. The van der Waals surface area contributed by atoms with Gasteiger partial charge in [-0.1, -0.05) is 49.1 Å². The van der Waals surface area contributed by atoms with Gasteiger partial charge in [-0.25, -0.2) is 0 Å². The van der Waals surface area contributed by atoms with Gasteiger partial charge in [0.05, 0.1) is 14.3 Å². The molecule has 0 bridgehead atoms. The summed E-state index contributed by atoms with van der Waals surface area (Å²) >= 11 is 1.84. The van der Waals surface area contributed by atoms with Gasteiger partial charge in [0.2, 0.25) is 0 Å². The molecule has 0 radical (unpaired) electrons. The molecule has 0 atom stereocenters. The van der Waals surface area contributed by atoms with Gasteiger partial charge in [-0.05, 0) is 18.6 Å². The molecule has 1 nitrogen and oxygen atoms in total. The standard InChI is InChI=1S/C15H20OSSi/c1-12-15(9-10-16-12)17-11-13-5-7-14(8-6-13)18(2,3)4/h5-10H,11H2,1-4H3. The minimum atomic E-state index is -1.16. The van der Waals surface area contributed by atoms with E-state index < -0.39 is 8.07 Å². The van der Waals surface area contributed by atoms with Crippen molar-refractivity contribution in [3.05, 3.63) is 47.9 Å². The Morgan fingerprint density at radius 1 is 1.06 bits per heavy atom. The number of aryl methyl sites for hydroxylation is 1. The molecule has 0 N–H and O–H groups in total. The van der Waals surface area contributed by atoms with E-state index in [-0.39, 0.29) is 0 Å². The van der Waals surface area contributed by atoms with Crippen molar-refractivity contribution in [2.75, 3.05) is 0 Å². The van der Waals surface area contributed by atoms with Gasteiger partial charge in [0.1, 0.15) is 5.76 Å². The third-order valence-electron chi connectivity index (χ3n) is 3.03. The zero-order valence-electron chi connectivity index (χ0n) is 11.5. The average molecular weight is 276 g/mol. The Kier molecular flexibility index (Phi) is 4.03. The van der Waals surface area contributed by atoms with Crippen LogP contribution < -0.4 is 5.19 Å². The first-order valence-corrected chi connectivity index (χ1v) is 10.7. The molecule has 0 spiro atoms. The van der Waals surface area contributed by atoms with Gasteiger partial charge in [0.15, 0.2) is 0 Å². The fraction of sp³-hybridized carbons (Fsp3) is 0.333. The number of hydrogen-bond acceptors (Lipinski definition) is 2. The molecule has 1 aromatic carbocycles. The molecule has 1 heterocycles. The number of benzene rings is 1. The van der Waals surface area contributed by atoms with Crippen LogP contribution in [0.3, 0.4) is 0 Å². The van der Waals surface area contributed by atoms with Crippen molar-refractivity contribution in [3.63, 3.8) is 0 Å². The predicted octanol–water partition coefficient (Wildman–Crippen LogP) is 4.43. The van der Waals surface area contributed by atoms with Crippen LogP contribution in [0.2, 0.25) is 19.6 Å². The Balaban J connectivity index is 2.01. The summed E-state index contributed by atoms with van der Waals surface area (Å²) in [4.78, 5) is 1.24. The predicted molar refractivity (Wildman–Crippen MR) is 82.4 cm³/mol. The molecule has 0 saturated carbocycles. The normalized spacial score (nSPS) is 11.8. The van der Waals surface area contributed by atoms with Crippen molar-refractivity contribution in [2.24, 2.45) is 0 Å². The van der Waals surface area contributed by atoms with Crippen LogP contribution in [-0.2, 0) is 5.75 Å². The van der Waals surface area contributed by atoms with E-state index in [9.17, 15) is 0 Å². The number of furan rings is 1. The maximum absolute atomic E-state index is 5.30. The average Bonchev–Trinajstić information content (AvgIpc) is 2.72. The number of rotatable bonds is 4. The van der Waals surface area contributed by atoms with E-state index in [0.717, 1.165) is 11.5 Å². The largest absolute Gasteiger partial charge is 0.468 e. The van der Waals surface area contributed by atoms with Crippen LogP contribution in [-0.4, -0.2) is 8.07 Å². The lowest BCUT2D eigenvalue weighted by molar-refractivity contribution is 0.527. The lowest BCUT2D eigenvalue weighted by Crippen LogP contribution is -2.37. The molecule has 0 aliphatic heterocycles. The van der Waals surface area contributed by atoms with Gasteiger partial charge in [-0.15, -0.1) is 11.8 Å². The molecule has 0 saturated heterocycles. The van der Waals surface area contributed by atoms with Gasteiger partial charge in [0.25, 0.3) is 0 Å². The van der Waals surface area contributed by atoms with E-state index in [2.05, 4.69) is 43.9 Å². The first kappa shape index (κ1) is 13.5. The molecular weight excluding hydrogens is 256 g/mol. The van der Waals surface area contributed by atoms with Crippen LogP contribution in [0.5, 0.6) is 0 Å². The number of hydrogen-bond donors (Lipinski definition) is 0. The van der Waals surface area contributed by atoms with Gasteiger partial charge in [-0.3, -0.25) is 0 Å². The lowest BCUT2D eigenvalue weighted by Gasteiger charge is -2.16. The third-order valence-corrected chi connectivity index (χ3v) is 6.30. The second kappa shape index (κ2) is 5.37. The fourth-order valence-corrected chi connectivity index (χ4v) is 3.87. The van der Waals surface area contributed by atoms with Crippen LogP contribution >= 0.6 is 11.8 Å². The van der Waals surface area contributed by atoms with Crippen LogP contribution in [0.15, 0.2) is 45.9 Å². The molecule has 0 amide bonds. The third kappa shape index (κ3) is 3.30. The second-order valence-corrected chi connectivity index (χ2v) is 11.7. The Morgan fingerprint density at radius 3 is 2.22 bits per heavy atom. The molecule has 3 heteroatoms. The van der Waals surface area contributed by atoms with Crippen LogP contribution in [0.25, 0.3) is 0 Å². The molecular formula is C15H20OSSi. The van der Waals surface area contributed by atoms with Crippen molar-refractivity contribution in [2.45, 2.75) is 37.2 Å². The minimum Gasteiger partial charge on any atom is -0.468 e. The molecule has 0 aliphatic carbocycles. The van der Waals surface area contributed by atoms with Crippen LogP contribution in [0.1, 0.15) is 11.3 Å². The maximum Gasteiger partial charge on any atom is 0.114 e. The SMILES string of the molecule is Cc1occc1SCc1ccc([Si](C)(C)C)cc1. The Labute approximate surface area is 115 Å². The van der Waals surface area contributed by atoms with Gasteiger partial charge in [0, 0.05) is 10.6 Å². The second-order valence-electron chi connectivity index (χ2n) is 5.58. The Hall–Kier alpha value is -0.933. The summed E-state index contributed by atoms with van der Waals surface area (Å²) in [5, 5.41) is 1.52. The van der Waals surface area contributed by atoms with E-state index in [4.69, 9.17) is 4.42 Å². The maximum atomic E-state index is 5.30. The van der Waals surface area contributed by atoms with Crippen LogP contribution in [0.4, 0.5) is 0 Å². The molecule has 0 aliphatic rings. The molecule has 0 unspecified atom stereocenters. The highest BCUT2D eigenvalue weighted by Crippen LogP contribution is 2.26. The summed E-state index contributed by atoms with van der Waals surface area (Å²) in [5.41, 5.74) is 1.38. The molecule has 18 heavy (non-hydrogen) atoms. The Bertz CT molecular complexity index is 508. The van der Waals surface area contributed by atoms with E-state index in [1.807, 2.05) is 24.8 Å². The van der Waals surface area contributed by atoms with E-state index in [0.29, 0.717) is 0 Å². The van der Waals surface area contributed by atoms with Crippen molar-refractivity contribution in [1.29, 1.82) is 0 Å². The summed E-state index contributed by atoms with van der Waals surface area (Å²) in [6.45, 7) is 9.15. The highest BCUT2D eigenvalue weighted by atomic mass is 32.2. The van der Waals surface area contributed by atoms with Gasteiger partial charge < -0.3 is 4.42 Å². The summed E-state index contributed by atoms with van der Waals surface area (Å²) in [6.07, 6.45) is 1.76. The topological polar surface area (TPSA) is 13.1 Å². The summed E-state index contributed by atoms with van der Waals surface area (Å²) in [6, 6.07) is 11.1. The van der Waals surface area contributed by atoms with Crippen molar-refractivity contribution < 1.29 is 4.42 Å². The van der Waals surface area contributed by atoms with Crippen molar-refractivity contribution in [3.8, 4) is 0 Å². The van der Waals surface area contributed by atoms with Gasteiger partial charge >= 0.3 is 0 Å². The van der Waals surface area contributed by atoms with Crippen LogP contribution in [0, 0.1) is 6.92 Å².